The Labute approximate surface area is 108 Å². The van der Waals surface area contributed by atoms with Gasteiger partial charge < -0.3 is 40.1 Å². The molecule has 9 nitrogen and oxygen atoms in total. The number of nitrogens with one attached hydrogen (secondary N) is 1. The molecule has 0 spiro atoms. The van der Waals surface area contributed by atoms with Crippen molar-refractivity contribution in [2.24, 2.45) is 0 Å². The monoisotopic (exact) mass is 273 g/mol. The van der Waals surface area contributed by atoms with Crippen LogP contribution in [0.3, 0.4) is 0 Å². The largest absolute Gasteiger partial charge is 0.550 e. The van der Waals surface area contributed by atoms with Crippen molar-refractivity contribution in [3.05, 3.63) is 0 Å². The van der Waals surface area contributed by atoms with Gasteiger partial charge in [0.25, 0.3) is 0 Å². The van der Waals surface area contributed by atoms with E-state index in [1.54, 1.807) is 0 Å². The van der Waals surface area contributed by atoms with Gasteiger partial charge in [0.2, 0.25) is 0 Å². The molecule has 1 rings (SSSR count). The van der Waals surface area contributed by atoms with Gasteiger partial charge in [-0.1, -0.05) is 0 Å². The number of carboxylic acids is 3. The maximum Gasteiger partial charge on any atom is 0.130 e. The van der Waals surface area contributed by atoms with Crippen LogP contribution in [0, 0.1) is 0 Å². The summed E-state index contributed by atoms with van der Waals surface area (Å²) in [6, 6.07) is -2.02. The molecular formula is C10H13N2O7-3. The minimum atomic E-state index is -3.10. The summed E-state index contributed by atoms with van der Waals surface area (Å²) in [5, 5.41) is 45.4. The Morgan fingerprint density at radius 1 is 1.21 bits per heavy atom. The van der Waals surface area contributed by atoms with Crippen molar-refractivity contribution in [1.82, 2.24) is 10.2 Å². The molecule has 108 valence electrons. The molecule has 1 aliphatic rings. The van der Waals surface area contributed by atoms with Crippen molar-refractivity contribution in [2.75, 3.05) is 26.2 Å². The first-order chi connectivity index (χ1) is 8.79. The molecular weight excluding hydrogens is 260 g/mol. The highest BCUT2D eigenvalue weighted by molar-refractivity contribution is 5.89. The van der Waals surface area contributed by atoms with Crippen LogP contribution in [0.25, 0.3) is 0 Å². The Bertz CT molecular complexity index is 380. The van der Waals surface area contributed by atoms with Crippen molar-refractivity contribution >= 4 is 17.9 Å². The predicted octanol–water partition coefficient (Wildman–Crippen LogP) is -6.37. The van der Waals surface area contributed by atoms with E-state index in [1.165, 1.54) is 0 Å². The minimum Gasteiger partial charge on any atom is -0.550 e. The number of nitrogens with zero attached hydrogens (tertiary/aromatic N) is 1. The summed E-state index contributed by atoms with van der Waals surface area (Å²) in [6.07, 6.45) is -1.39. The molecule has 0 bridgehead atoms. The van der Waals surface area contributed by atoms with Crippen molar-refractivity contribution in [3.8, 4) is 0 Å². The molecule has 2 N–H and O–H groups in total. The van der Waals surface area contributed by atoms with Crippen molar-refractivity contribution in [2.45, 2.75) is 18.1 Å². The number of carbonyl (C=O) groups is 3. The van der Waals surface area contributed by atoms with Gasteiger partial charge >= 0.3 is 0 Å². The number of piperazine rings is 1. The van der Waals surface area contributed by atoms with Crippen LogP contribution in [-0.2, 0) is 14.4 Å². The highest BCUT2D eigenvalue weighted by Gasteiger charge is 2.43. The average molecular weight is 273 g/mol. The predicted molar refractivity (Wildman–Crippen MR) is 52.8 cm³/mol. The summed E-state index contributed by atoms with van der Waals surface area (Å²) >= 11 is 0. The molecule has 0 radical (unpaired) electrons. The molecule has 9 heteroatoms. The van der Waals surface area contributed by atoms with E-state index in [4.69, 9.17) is 0 Å². The zero-order chi connectivity index (χ0) is 14.6. The van der Waals surface area contributed by atoms with Crippen LogP contribution in [0.15, 0.2) is 0 Å². The van der Waals surface area contributed by atoms with E-state index in [0.717, 1.165) is 4.90 Å². The summed E-state index contributed by atoms with van der Waals surface area (Å²) in [5.74, 6) is -5.97. The lowest BCUT2D eigenvalue weighted by molar-refractivity contribution is -0.346. The number of hydrogen-bond donors (Lipinski definition) is 2. The van der Waals surface area contributed by atoms with E-state index in [1.807, 2.05) is 0 Å². The van der Waals surface area contributed by atoms with E-state index in [-0.39, 0.29) is 13.1 Å². The van der Waals surface area contributed by atoms with Crippen LogP contribution >= 0.6 is 0 Å². The van der Waals surface area contributed by atoms with Gasteiger partial charge in [-0.05, 0) is 0 Å². The number of carboxylic acid groups (broad SMARTS) is 3. The lowest BCUT2D eigenvalue weighted by atomic mass is 9.88. The average Bonchev–Trinajstić information content (AvgIpc) is 2.28. The first-order valence-corrected chi connectivity index (χ1v) is 5.58. The van der Waals surface area contributed by atoms with E-state index in [2.05, 4.69) is 5.32 Å². The molecule has 0 aliphatic carbocycles. The fraction of sp³-hybridized carbons (Fsp3) is 0.700. The van der Waals surface area contributed by atoms with Crippen molar-refractivity contribution in [3.63, 3.8) is 0 Å². The fourth-order valence-corrected chi connectivity index (χ4v) is 2.09. The summed E-state index contributed by atoms with van der Waals surface area (Å²) < 4.78 is 0. The smallest absolute Gasteiger partial charge is 0.130 e. The third-order valence-corrected chi connectivity index (χ3v) is 2.96. The molecule has 0 saturated carbocycles. The topological polar surface area (TPSA) is 156 Å². The van der Waals surface area contributed by atoms with Gasteiger partial charge in [0, 0.05) is 38.6 Å². The first-order valence-electron chi connectivity index (χ1n) is 5.58. The van der Waals surface area contributed by atoms with Gasteiger partial charge in [0.05, 0.1) is 18.0 Å². The van der Waals surface area contributed by atoms with E-state index >= 15 is 0 Å². The van der Waals surface area contributed by atoms with Gasteiger partial charge in [0.15, 0.2) is 0 Å². The third-order valence-electron chi connectivity index (χ3n) is 2.96. The van der Waals surface area contributed by atoms with Gasteiger partial charge in [-0.2, -0.15) is 0 Å². The zero-order valence-corrected chi connectivity index (χ0v) is 9.96. The van der Waals surface area contributed by atoms with E-state index in [0.29, 0.717) is 13.1 Å². The summed E-state index contributed by atoms with van der Waals surface area (Å²) in [5.41, 5.74) is -3.10. The fourth-order valence-electron chi connectivity index (χ4n) is 2.09. The number of rotatable bonds is 6. The molecule has 2 atom stereocenters. The Morgan fingerprint density at radius 3 is 2.11 bits per heavy atom. The Kier molecular flexibility index (Phi) is 4.81. The number of aliphatic hydroxyl groups is 1. The molecule has 0 amide bonds. The van der Waals surface area contributed by atoms with Gasteiger partial charge in [-0.15, -0.1) is 0 Å². The van der Waals surface area contributed by atoms with Crippen LogP contribution in [0.1, 0.15) is 6.42 Å². The Hall–Kier alpha value is -1.71. The highest BCUT2D eigenvalue weighted by Crippen LogP contribution is 2.20. The van der Waals surface area contributed by atoms with Crippen LogP contribution in [-0.4, -0.2) is 65.7 Å². The van der Waals surface area contributed by atoms with Gasteiger partial charge in [0.1, 0.15) is 5.60 Å². The second-order valence-electron chi connectivity index (χ2n) is 4.27. The molecule has 1 aliphatic heterocycles. The molecule has 19 heavy (non-hydrogen) atoms. The summed E-state index contributed by atoms with van der Waals surface area (Å²) in [6.45, 7) is 0.999. The van der Waals surface area contributed by atoms with Gasteiger partial charge in [-0.25, -0.2) is 0 Å². The molecule has 1 fully saturated rings. The zero-order valence-electron chi connectivity index (χ0n) is 9.96. The second-order valence-corrected chi connectivity index (χ2v) is 4.27. The number of aliphatic carboxylic acids is 3. The molecule has 1 saturated heterocycles. The quantitative estimate of drug-likeness (QED) is 0.480. The molecule has 0 aromatic rings. The molecule has 0 aromatic heterocycles. The van der Waals surface area contributed by atoms with Crippen molar-refractivity contribution < 1.29 is 34.8 Å². The lowest BCUT2D eigenvalue weighted by Crippen LogP contribution is -2.70. The maximum atomic E-state index is 11.1. The number of carbonyl (C=O) groups excluding carboxylic acids is 3. The second kappa shape index (κ2) is 5.95. The van der Waals surface area contributed by atoms with Gasteiger partial charge in [-0.3, -0.25) is 4.90 Å². The van der Waals surface area contributed by atoms with Crippen LogP contribution in [0.5, 0.6) is 0 Å². The van der Waals surface area contributed by atoms with Crippen LogP contribution in [0.4, 0.5) is 0 Å². The normalized spacial score (nSPS) is 21.3. The first kappa shape index (κ1) is 15.3. The standard InChI is InChI=1S/C10H16N2O7/c13-6(14)5-10(19,9(17)18)7(8(15)16)12-3-1-11-2-4-12/h7,11,19H,1-5H2,(H,13,14)(H,15,16)(H,17,18)/p-3. The lowest BCUT2D eigenvalue weighted by Gasteiger charge is -2.45. The van der Waals surface area contributed by atoms with Crippen LogP contribution in [0.2, 0.25) is 0 Å². The summed E-state index contributed by atoms with van der Waals surface area (Å²) in [4.78, 5) is 33.7. The molecule has 2 unspecified atom stereocenters. The van der Waals surface area contributed by atoms with Crippen molar-refractivity contribution in [1.29, 1.82) is 0 Å². The Balaban J connectivity index is 3.07. The van der Waals surface area contributed by atoms with E-state index in [9.17, 15) is 34.8 Å². The molecule has 0 aromatic carbocycles. The Morgan fingerprint density at radius 2 is 1.74 bits per heavy atom. The van der Waals surface area contributed by atoms with Crippen LogP contribution < -0.4 is 20.6 Å². The summed E-state index contributed by atoms with van der Waals surface area (Å²) in [7, 11) is 0. The highest BCUT2D eigenvalue weighted by atomic mass is 16.4. The minimum absolute atomic E-state index is 0.126. The third kappa shape index (κ3) is 3.40. The molecule has 1 heterocycles. The SMILES string of the molecule is O=C([O-])CC(O)(C(=O)[O-])C(C(=O)[O-])N1CCNCC1. The maximum absolute atomic E-state index is 11.1. The number of hydrogen-bond acceptors (Lipinski definition) is 9. The van der Waals surface area contributed by atoms with E-state index < -0.39 is 36.0 Å².